The largest absolute Gasteiger partial charge is 0.309 e. The Balaban J connectivity index is 2.72. The van der Waals surface area contributed by atoms with Crippen molar-refractivity contribution in [3.8, 4) is 0 Å². The lowest BCUT2D eigenvalue weighted by Gasteiger charge is -2.08. The first-order valence-electron chi connectivity index (χ1n) is 4.59. The summed E-state index contributed by atoms with van der Waals surface area (Å²) in [5, 5.41) is 5.47. The molecule has 0 bridgehead atoms. The van der Waals surface area contributed by atoms with Crippen LogP contribution in [0.4, 0.5) is 5.13 Å². The molecule has 1 aromatic heterocycles. The van der Waals surface area contributed by atoms with Gasteiger partial charge >= 0.3 is 0 Å². The van der Waals surface area contributed by atoms with Crippen LogP contribution in [0.5, 0.6) is 0 Å². The van der Waals surface area contributed by atoms with E-state index in [9.17, 15) is 8.42 Å². The van der Waals surface area contributed by atoms with Gasteiger partial charge in [0.1, 0.15) is 0 Å². The second-order valence-electron chi connectivity index (χ2n) is 3.23. The number of hydrogen-bond donors (Lipinski definition) is 2. The Kier molecular flexibility index (Phi) is 4.06. The molecule has 1 aromatic rings. The molecule has 1 atom stereocenters. The summed E-state index contributed by atoms with van der Waals surface area (Å²) in [7, 11) is -3.22. The van der Waals surface area contributed by atoms with Crippen LogP contribution >= 0.6 is 11.3 Å². The van der Waals surface area contributed by atoms with Gasteiger partial charge in [-0.3, -0.25) is 4.72 Å². The van der Waals surface area contributed by atoms with E-state index in [2.05, 4.69) is 15.0 Å². The van der Waals surface area contributed by atoms with Gasteiger partial charge in [-0.2, -0.15) is 0 Å². The molecule has 1 rings (SSSR count). The normalized spacial score (nSPS) is 13.8. The number of nitrogens with one attached hydrogen (secondary N) is 2. The van der Waals surface area contributed by atoms with Gasteiger partial charge in [0.15, 0.2) is 5.13 Å². The highest BCUT2D eigenvalue weighted by atomic mass is 32.2. The third-order valence-electron chi connectivity index (χ3n) is 1.75. The van der Waals surface area contributed by atoms with Crippen molar-refractivity contribution in [2.45, 2.75) is 19.9 Å². The molecule has 2 N–H and O–H groups in total. The summed E-state index contributed by atoms with van der Waals surface area (Å²) in [6.45, 7) is 4.86. The summed E-state index contributed by atoms with van der Waals surface area (Å²) in [4.78, 5) is 4.18. The van der Waals surface area contributed by atoms with E-state index in [4.69, 9.17) is 0 Å². The molecule has 7 heteroatoms. The molecule has 15 heavy (non-hydrogen) atoms. The predicted octanol–water partition coefficient (Wildman–Crippen LogP) is 1.19. The van der Waals surface area contributed by atoms with Crippen molar-refractivity contribution in [1.29, 1.82) is 0 Å². The summed E-state index contributed by atoms with van der Waals surface area (Å²) in [6, 6.07) is 0.140. The van der Waals surface area contributed by atoms with Crippen LogP contribution in [0.2, 0.25) is 0 Å². The van der Waals surface area contributed by atoms with E-state index >= 15 is 0 Å². The first kappa shape index (κ1) is 12.4. The van der Waals surface area contributed by atoms with Crippen LogP contribution in [0, 0.1) is 0 Å². The van der Waals surface area contributed by atoms with Gasteiger partial charge < -0.3 is 5.32 Å². The van der Waals surface area contributed by atoms with Gasteiger partial charge in [0.2, 0.25) is 10.0 Å². The lowest BCUT2D eigenvalue weighted by atomic mass is 10.3. The van der Waals surface area contributed by atoms with Gasteiger partial charge in [-0.25, -0.2) is 13.4 Å². The van der Waals surface area contributed by atoms with Crippen LogP contribution in [-0.4, -0.2) is 26.2 Å². The molecule has 0 aliphatic rings. The number of aromatic nitrogens is 1. The number of hydrogen-bond acceptors (Lipinski definition) is 5. The number of nitrogens with zero attached hydrogens (tertiary/aromatic N) is 1. The summed E-state index contributed by atoms with van der Waals surface area (Å²) in [5.41, 5.74) is 0.855. The molecule has 5 nitrogen and oxygen atoms in total. The lowest BCUT2D eigenvalue weighted by Crippen LogP contribution is -2.18. The third kappa shape index (κ3) is 4.15. The summed E-state index contributed by atoms with van der Waals surface area (Å²) in [6.07, 6.45) is 1.11. The molecule has 0 saturated carbocycles. The van der Waals surface area contributed by atoms with E-state index in [0.29, 0.717) is 5.13 Å². The van der Waals surface area contributed by atoms with Gasteiger partial charge in [0.25, 0.3) is 0 Å². The van der Waals surface area contributed by atoms with Crippen molar-refractivity contribution in [3.63, 3.8) is 0 Å². The Hall–Kier alpha value is -0.660. The fourth-order valence-corrected chi connectivity index (χ4v) is 2.76. The van der Waals surface area contributed by atoms with E-state index in [-0.39, 0.29) is 6.04 Å². The van der Waals surface area contributed by atoms with Crippen molar-refractivity contribution in [2.24, 2.45) is 0 Å². The minimum absolute atomic E-state index is 0.140. The van der Waals surface area contributed by atoms with Crippen LogP contribution in [0.25, 0.3) is 0 Å². The molecule has 0 aliphatic carbocycles. The smallest absolute Gasteiger partial charge is 0.231 e. The van der Waals surface area contributed by atoms with E-state index in [1.807, 2.05) is 19.2 Å². The number of rotatable bonds is 5. The Morgan fingerprint density at radius 2 is 2.27 bits per heavy atom. The summed E-state index contributed by atoms with van der Waals surface area (Å²) < 4.78 is 24.2. The quantitative estimate of drug-likeness (QED) is 0.822. The molecular weight excluding hydrogens is 234 g/mol. The van der Waals surface area contributed by atoms with Gasteiger partial charge in [-0.1, -0.05) is 6.92 Å². The van der Waals surface area contributed by atoms with E-state index in [1.54, 1.807) is 0 Å². The van der Waals surface area contributed by atoms with Crippen LogP contribution < -0.4 is 10.0 Å². The molecule has 0 fully saturated rings. The highest BCUT2D eigenvalue weighted by Gasteiger charge is 2.10. The average molecular weight is 249 g/mol. The molecule has 0 amide bonds. The molecule has 0 aliphatic heterocycles. The second kappa shape index (κ2) is 4.91. The summed E-state index contributed by atoms with van der Waals surface area (Å²) in [5.74, 6) is 0. The Bertz CT molecular complexity index is 413. The topological polar surface area (TPSA) is 71.1 Å². The van der Waals surface area contributed by atoms with Crippen molar-refractivity contribution in [1.82, 2.24) is 10.3 Å². The maximum absolute atomic E-state index is 10.9. The maximum Gasteiger partial charge on any atom is 0.231 e. The first-order chi connectivity index (χ1) is 6.92. The molecule has 0 saturated heterocycles. The van der Waals surface area contributed by atoms with Gasteiger partial charge in [-0.15, -0.1) is 11.3 Å². The van der Waals surface area contributed by atoms with Crippen molar-refractivity contribution in [2.75, 3.05) is 17.5 Å². The molecule has 86 valence electrons. The van der Waals surface area contributed by atoms with Crippen LogP contribution in [-0.2, 0) is 10.0 Å². The third-order valence-corrected chi connectivity index (χ3v) is 3.22. The molecule has 0 aromatic carbocycles. The average Bonchev–Trinajstić information content (AvgIpc) is 2.50. The van der Waals surface area contributed by atoms with Crippen molar-refractivity contribution in [3.05, 3.63) is 11.1 Å². The van der Waals surface area contributed by atoms with Gasteiger partial charge in [0, 0.05) is 11.4 Å². The monoisotopic (exact) mass is 249 g/mol. The highest BCUT2D eigenvalue weighted by molar-refractivity contribution is 7.92. The molecule has 0 spiro atoms. The molecule has 1 heterocycles. The number of thiazole rings is 1. The van der Waals surface area contributed by atoms with Crippen molar-refractivity contribution >= 4 is 26.5 Å². The van der Waals surface area contributed by atoms with Crippen molar-refractivity contribution < 1.29 is 8.42 Å². The van der Waals surface area contributed by atoms with E-state index in [0.717, 1.165) is 18.5 Å². The van der Waals surface area contributed by atoms with E-state index in [1.165, 1.54) is 11.3 Å². The maximum atomic E-state index is 10.9. The fourth-order valence-electron chi connectivity index (χ4n) is 1.10. The zero-order valence-electron chi connectivity index (χ0n) is 8.94. The minimum atomic E-state index is -3.22. The zero-order chi connectivity index (χ0) is 11.5. The standard InChI is InChI=1S/C8H15N3O2S2/c1-4-9-6(2)7-5-14-8(10-7)11-15(3,12)13/h5-6,9H,4H2,1-3H3,(H,10,11). The van der Waals surface area contributed by atoms with Crippen LogP contribution in [0.1, 0.15) is 25.6 Å². The minimum Gasteiger partial charge on any atom is -0.309 e. The number of sulfonamides is 1. The lowest BCUT2D eigenvalue weighted by molar-refractivity contribution is 0.586. The van der Waals surface area contributed by atoms with E-state index < -0.39 is 10.0 Å². The fraction of sp³-hybridized carbons (Fsp3) is 0.625. The molecule has 0 radical (unpaired) electrons. The predicted molar refractivity (Wildman–Crippen MR) is 62.7 cm³/mol. The Morgan fingerprint density at radius 1 is 1.60 bits per heavy atom. The van der Waals surface area contributed by atoms with Gasteiger partial charge in [0.05, 0.1) is 11.9 Å². The SMILES string of the molecule is CCNC(C)c1csc(NS(C)(=O)=O)n1. The zero-order valence-corrected chi connectivity index (χ0v) is 10.6. The van der Waals surface area contributed by atoms with Crippen LogP contribution in [0.3, 0.4) is 0 Å². The second-order valence-corrected chi connectivity index (χ2v) is 5.84. The highest BCUT2D eigenvalue weighted by Crippen LogP contribution is 2.20. The molecular formula is C8H15N3O2S2. The Labute approximate surface area is 94.0 Å². The number of anilines is 1. The Morgan fingerprint density at radius 3 is 2.80 bits per heavy atom. The first-order valence-corrected chi connectivity index (χ1v) is 7.36. The van der Waals surface area contributed by atoms with Crippen LogP contribution in [0.15, 0.2) is 5.38 Å². The van der Waals surface area contributed by atoms with Gasteiger partial charge in [-0.05, 0) is 13.5 Å². The molecule has 1 unspecified atom stereocenters. The summed E-state index contributed by atoms with van der Waals surface area (Å²) >= 11 is 1.29.